The van der Waals surface area contributed by atoms with Gasteiger partial charge in [-0.05, 0) is 24.3 Å². The molecule has 1 N–H and O–H groups in total. The molecule has 2 heterocycles. The zero-order valence-electron chi connectivity index (χ0n) is 8.48. The Kier molecular flexibility index (Phi) is 2.89. The molecule has 0 saturated carbocycles. The van der Waals surface area contributed by atoms with Crippen LogP contribution in [0.3, 0.4) is 0 Å². The third kappa shape index (κ3) is 2.47. The number of hydrogen-bond donors (Lipinski definition) is 1. The van der Waals surface area contributed by atoms with Crippen LogP contribution >= 0.6 is 0 Å². The Bertz CT molecular complexity index is 476. The first-order valence-corrected chi connectivity index (χ1v) is 4.73. The van der Waals surface area contributed by atoms with E-state index in [2.05, 4.69) is 4.98 Å². The number of hydrogen-bond acceptors (Lipinski definition) is 3. The van der Waals surface area contributed by atoms with E-state index in [0.717, 1.165) is 12.1 Å². The van der Waals surface area contributed by atoms with E-state index in [9.17, 15) is 18.3 Å². The van der Waals surface area contributed by atoms with Gasteiger partial charge in [0.05, 0.1) is 17.5 Å². The predicted molar refractivity (Wildman–Crippen MR) is 52.0 cm³/mol. The lowest BCUT2D eigenvalue weighted by Crippen LogP contribution is -2.07. The summed E-state index contributed by atoms with van der Waals surface area (Å²) in [7, 11) is 0. The summed E-state index contributed by atoms with van der Waals surface area (Å²) < 4.78 is 41.8. The van der Waals surface area contributed by atoms with E-state index >= 15 is 0 Å². The van der Waals surface area contributed by atoms with Crippen LogP contribution < -0.4 is 0 Å². The van der Waals surface area contributed by atoms with Gasteiger partial charge in [0.2, 0.25) is 0 Å². The van der Waals surface area contributed by atoms with E-state index < -0.39 is 17.8 Å². The summed E-state index contributed by atoms with van der Waals surface area (Å²) in [6.45, 7) is 0. The molecule has 17 heavy (non-hydrogen) atoms. The maximum absolute atomic E-state index is 12.3. The number of aliphatic hydroxyl groups excluding tert-OH is 1. The molecule has 0 aromatic carbocycles. The zero-order chi connectivity index (χ0) is 12.5. The maximum Gasteiger partial charge on any atom is 0.417 e. The standard InChI is InChI=1S/C11H8F3NO2/c12-11(13,14)7-3-4-8(15-6-7)10(16)9-2-1-5-17-9/h1-6,10,16H. The second-order valence-corrected chi connectivity index (χ2v) is 3.39. The van der Waals surface area contributed by atoms with Gasteiger partial charge in [-0.25, -0.2) is 0 Å². The minimum Gasteiger partial charge on any atom is -0.466 e. The highest BCUT2D eigenvalue weighted by Crippen LogP contribution is 2.29. The number of halogens is 3. The molecule has 2 rings (SSSR count). The fraction of sp³-hybridized carbons (Fsp3) is 0.182. The van der Waals surface area contributed by atoms with Crippen molar-refractivity contribution in [2.24, 2.45) is 0 Å². The molecule has 2 aromatic heterocycles. The lowest BCUT2D eigenvalue weighted by atomic mass is 10.1. The maximum atomic E-state index is 12.3. The Morgan fingerprint density at radius 2 is 2.00 bits per heavy atom. The number of aromatic nitrogens is 1. The van der Waals surface area contributed by atoms with Crippen molar-refractivity contribution in [1.82, 2.24) is 4.98 Å². The highest BCUT2D eigenvalue weighted by Gasteiger charge is 2.31. The minimum atomic E-state index is -4.43. The fourth-order valence-electron chi connectivity index (χ4n) is 1.33. The number of pyridine rings is 1. The Balaban J connectivity index is 2.24. The largest absolute Gasteiger partial charge is 0.466 e. The number of rotatable bonds is 2. The van der Waals surface area contributed by atoms with Crippen molar-refractivity contribution in [3.63, 3.8) is 0 Å². The Labute approximate surface area is 94.5 Å². The normalized spacial score (nSPS) is 13.6. The van der Waals surface area contributed by atoms with Crippen molar-refractivity contribution in [1.29, 1.82) is 0 Å². The van der Waals surface area contributed by atoms with Crippen LogP contribution in [-0.4, -0.2) is 10.1 Å². The van der Waals surface area contributed by atoms with Gasteiger partial charge >= 0.3 is 6.18 Å². The first-order valence-electron chi connectivity index (χ1n) is 4.73. The second-order valence-electron chi connectivity index (χ2n) is 3.39. The average molecular weight is 243 g/mol. The van der Waals surface area contributed by atoms with E-state index in [1.165, 1.54) is 12.3 Å². The third-order valence-corrected chi connectivity index (χ3v) is 2.21. The van der Waals surface area contributed by atoms with E-state index in [-0.39, 0.29) is 11.5 Å². The number of nitrogens with zero attached hydrogens (tertiary/aromatic N) is 1. The van der Waals surface area contributed by atoms with Crippen molar-refractivity contribution in [2.45, 2.75) is 12.3 Å². The van der Waals surface area contributed by atoms with E-state index in [1.807, 2.05) is 0 Å². The molecule has 0 saturated heterocycles. The Morgan fingerprint density at radius 1 is 1.24 bits per heavy atom. The molecule has 1 atom stereocenters. The number of aliphatic hydroxyl groups is 1. The van der Waals surface area contributed by atoms with Crippen molar-refractivity contribution in [3.8, 4) is 0 Å². The van der Waals surface area contributed by atoms with Crippen molar-refractivity contribution < 1.29 is 22.7 Å². The van der Waals surface area contributed by atoms with E-state index in [4.69, 9.17) is 4.42 Å². The first-order chi connectivity index (χ1) is 7.98. The van der Waals surface area contributed by atoms with Crippen LogP contribution in [0.15, 0.2) is 41.1 Å². The molecule has 0 aliphatic rings. The van der Waals surface area contributed by atoms with Crippen molar-refractivity contribution in [2.75, 3.05) is 0 Å². The quantitative estimate of drug-likeness (QED) is 0.882. The highest BCUT2D eigenvalue weighted by molar-refractivity contribution is 5.22. The molecule has 0 amide bonds. The summed E-state index contributed by atoms with van der Waals surface area (Å²) >= 11 is 0. The fourth-order valence-corrected chi connectivity index (χ4v) is 1.33. The molecular weight excluding hydrogens is 235 g/mol. The summed E-state index contributed by atoms with van der Waals surface area (Å²) in [6.07, 6.45) is -3.54. The van der Waals surface area contributed by atoms with Crippen LogP contribution in [0.5, 0.6) is 0 Å². The van der Waals surface area contributed by atoms with Gasteiger partial charge in [0.1, 0.15) is 5.76 Å². The van der Waals surface area contributed by atoms with Crippen molar-refractivity contribution in [3.05, 3.63) is 53.7 Å². The van der Waals surface area contributed by atoms with Crippen LogP contribution in [-0.2, 0) is 6.18 Å². The first kappa shape index (κ1) is 11.7. The van der Waals surface area contributed by atoms with Crippen LogP contribution in [0.2, 0.25) is 0 Å². The van der Waals surface area contributed by atoms with Gasteiger partial charge in [-0.15, -0.1) is 0 Å². The zero-order valence-corrected chi connectivity index (χ0v) is 8.48. The lowest BCUT2D eigenvalue weighted by molar-refractivity contribution is -0.137. The molecule has 0 aliphatic carbocycles. The molecule has 6 heteroatoms. The SMILES string of the molecule is OC(c1ccc(C(F)(F)F)cn1)c1ccco1. The topological polar surface area (TPSA) is 46.3 Å². The molecular formula is C11H8F3NO2. The average Bonchev–Trinajstić information content (AvgIpc) is 2.80. The molecule has 90 valence electrons. The summed E-state index contributed by atoms with van der Waals surface area (Å²) in [4.78, 5) is 3.57. The molecule has 0 bridgehead atoms. The third-order valence-electron chi connectivity index (χ3n) is 2.21. The second kappa shape index (κ2) is 4.21. The summed E-state index contributed by atoms with van der Waals surface area (Å²) in [5.41, 5.74) is -0.749. The molecule has 2 aromatic rings. The monoisotopic (exact) mass is 243 g/mol. The molecule has 3 nitrogen and oxygen atoms in total. The van der Waals surface area contributed by atoms with Crippen LogP contribution in [0, 0.1) is 0 Å². The summed E-state index contributed by atoms with van der Waals surface area (Å²) in [5, 5.41) is 9.74. The van der Waals surface area contributed by atoms with Crippen LogP contribution in [0.25, 0.3) is 0 Å². The summed E-state index contributed by atoms with van der Waals surface area (Å²) in [5.74, 6) is 0.234. The molecule has 1 unspecified atom stereocenters. The Morgan fingerprint density at radius 3 is 2.47 bits per heavy atom. The molecule has 0 radical (unpaired) electrons. The van der Waals surface area contributed by atoms with Gasteiger partial charge in [0, 0.05) is 6.20 Å². The van der Waals surface area contributed by atoms with Gasteiger partial charge in [0.25, 0.3) is 0 Å². The van der Waals surface area contributed by atoms with Gasteiger partial charge < -0.3 is 9.52 Å². The van der Waals surface area contributed by atoms with Crippen LogP contribution in [0.4, 0.5) is 13.2 Å². The van der Waals surface area contributed by atoms with Gasteiger partial charge in [0.15, 0.2) is 6.10 Å². The molecule has 0 fully saturated rings. The van der Waals surface area contributed by atoms with Crippen LogP contribution in [0.1, 0.15) is 23.1 Å². The minimum absolute atomic E-state index is 0.105. The summed E-state index contributed by atoms with van der Waals surface area (Å²) in [6, 6.07) is 5.08. The van der Waals surface area contributed by atoms with Gasteiger partial charge in [-0.2, -0.15) is 13.2 Å². The number of alkyl halides is 3. The number of furan rings is 1. The van der Waals surface area contributed by atoms with E-state index in [0.29, 0.717) is 6.20 Å². The van der Waals surface area contributed by atoms with Gasteiger partial charge in [-0.3, -0.25) is 4.98 Å². The van der Waals surface area contributed by atoms with Gasteiger partial charge in [-0.1, -0.05) is 0 Å². The lowest BCUT2D eigenvalue weighted by Gasteiger charge is -2.09. The molecule has 0 spiro atoms. The smallest absolute Gasteiger partial charge is 0.417 e. The predicted octanol–water partition coefficient (Wildman–Crippen LogP) is 2.78. The molecule has 0 aliphatic heterocycles. The van der Waals surface area contributed by atoms with E-state index in [1.54, 1.807) is 6.07 Å². The highest BCUT2D eigenvalue weighted by atomic mass is 19.4. The van der Waals surface area contributed by atoms with Crippen molar-refractivity contribution >= 4 is 0 Å². The Hall–Kier alpha value is -1.82.